The number of dihydropyridines is 1. The Balaban J connectivity index is 2.24. The van der Waals surface area contributed by atoms with Gasteiger partial charge in [0, 0.05) is 41.4 Å². The Bertz CT molecular complexity index is 942. The van der Waals surface area contributed by atoms with Gasteiger partial charge in [0.25, 0.3) is 5.69 Å². The molecule has 1 aromatic rings. The minimum atomic E-state index is -0.677. The predicted molar refractivity (Wildman–Crippen MR) is 108 cm³/mol. The van der Waals surface area contributed by atoms with Gasteiger partial charge >= 0.3 is 5.97 Å². The van der Waals surface area contributed by atoms with Crippen LogP contribution in [0.2, 0.25) is 0 Å². The van der Waals surface area contributed by atoms with E-state index in [0.717, 1.165) is 5.70 Å². The van der Waals surface area contributed by atoms with Crippen LogP contribution in [0, 0.1) is 15.5 Å². The summed E-state index contributed by atoms with van der Waals surface area (Å²) in [5.74, 6) is -1.22. The molecule has 0 bridgehead atoms. The maximum Gasteiger partial charge on any atom is 0.336 e. The van der Waals surface area contributed by atoms with Crippen molar-refractivity contribution in [2.75, 3.05) is 6.61 Å². The molecule has 29 heavy (non-hydrogen) atoms. The topological polar surface area (TPSA) is 98.5 Å². The average molecular weight is 398 g/mol. The quantitative estimate of drug-likeness (QED) is 0.454. The van der Waals surface area contributed by atoms with Crippen LogP contribution >= 0.6 is 0 Å². The summed E-state index contributed by atoms with van der Waals surface area (Å²) in [6, 6.07) is 6.16. The van der Waals surface area contributed by atoms with E-state index < -0.39 is 16.8 Å². The number of carbonyl (C=O) groups excluding carboxylic acids is 2. The second kappa shape index (κ2) is 7.81. The van der Waals surface area contributed by atoms with Crippen LogP contribution < -0.4 is 5.32 Å². The molecule has 1 heterocycles. The minimum Gasteiger partial charge on any atom is -0.463 e. The fourth-order valence-corrected chi connectivity index (χ4v) is 4.23. The lowest BCUT2D eigenvalue weighted by Gasteiger charge is -2.39. The number of hydrogen-bond donors (Lipinski definition) is 1. The van der Waals surface area contributed by atoms with Crippen molar-refractivity contribution in [1.29, 1.82) is 0 Å². The molecule has 0 radical (unpaired) electrons. The standard InChI is InChI=1S/C22H26N2O5/c1-5-15-20(21(26)29-6-2)18(13-8-7-9-14(10-13)24(27)28)19-16(23-15)11-22(3,4)12-17(19)25/h7-10,18,23H,5-6,11-12H2,1-4H3. The molecular weight excluding hydrogens is 372 g/mol. The molecule has 0 aromatic heterocycles. The SMILES string of the molecule is CCOC(=O)C1=C(CC)NC2=C(C(=O)CC(C)(C)C2)C1c1cccc([N+](=O)[O-])c1. The number of hydrogen-bond acceptors (Lipinski definition) is 6. The second-order valence-corrected chi connectivity index (χ2v) is 8.21. The van der Waals surface area contributed by atoms with Crippen molar-refractivity contribution >= 4 is 17.4 Å². The van der Waals surface area contributed by atoms with Gasteiger partial charge in [0.15, 0.2) is 5.78 Å². The third-order valence-electron chi connectivity index (χ3n) is 5.39. The Morgan fingerprint density at radius 1 is 1.31 bits per heavy atom. The summed E-state index contributed by atoms with van der Waals surface area (Å²) < 4.78 is 5.29. The second-order valence-electron chi connectivity index (χ2n) is 8.21. The van der Waals surface area contributed by atoms with Gasteiger partial charge in [0.05, 0.1) is 17.1 Å². The number of nitro benzene ring substituents is 1. The number of nitrogens with zero attached hydrogens (tertiary/aromatic N) is 1. The first-order chi connectivity index (χ1) is 13.7. The molecule has 1 aliphatic heterocycles. The van der Waals surface area contributed by atoms with Crippen LogP contribution in [0.1, 0.15) is 58.4 Å². The fourth-order valence-electron chi connectivity index (χ4n) is 4.23. The van der Waals surface area contributed by atoms with E-state index in [-0.39, 0.29) is 23.5 Å². The summed E-state index contributed by atoms with van der Waals surface area (Å²) in [5, 5.41) is 14.6. The van der Waals surface area contributed by atoms with Crippen molar-refractivity contribution in [3.05, 3.63) is 62.5 Å². The highest BCUT2D eigenvalue weighted by Gasteiger charge is 2.43. The molecule has 0 amide bonds. The first-order valence-corrected chi connectivity index (χ1v) is 9.86. The summed E-state index contributed by atoms with van der Waals surface area (Å²) in [5.41, 5.74) is 2.66. The molecule has 1 aliphatic carbocycles. The lowest BCUT2D eigenvalue weighted by molar-refractivity contribution is -0.384. The maximum atomic E-state index is 13.2. The molecule has 1 aromatic carbocycles. The summed E-state index contributed by atoms with van der Waals surface area (Å²) in [6.07, 6.45) is 1.57. The number of carbonyl (C=O) groups is 2. The molecule has 7 heteroatoms. The Labute approximate surface area is 170 Å². The van der Waals surface area contributed by atoms with Crippen molar-refractivity contribution in [2.24, 2.45) is 5.41 Å². The first kappa shape index (κ1) is 20.8. The van der Waals surface area contributed by atoms with E-state index in [1.807, 2.05) is 20.8 Å². The van der Waals surface area contributed by atoms with Crippen molar-refractivity contribution < 1.29 is 19.2 Å². The normalized spacial score (nSPS) is 20.8. The Morgan fingerprint density at radius 2 is 2.03 bits per heavy atom. The molecule has 0 saturated heterocycles. The number of benzene rings is 1. The van der Waals surface area contributed by atoms with Crippen LogP contribution in [-0.2, 0) is 14.3 Å². The molecule has 7 nitrogen and oxygen atoms in total. The van der Waals surface area contributed by atoms with Crippen LogP contribution in [0.4, 0.5) is 5.69 Å². The van der Waals surface area contributed by atoms with E-state index in [0.29, 0.717) is 41.7 Å². The summed E-state index contributed by atoms with van der Waals surface area (Å²) >= 11 is 0. The van der Waals surface area contributed by atoms with Crippen molar-refractivity contribution in [3.8, 4) is 0 Å². The zero-order valence-electron chi connectivity index (χ0n) is 17.2. The number of nitro groups is 1. The van der Waals surface area contributed by atoms with Gasteiger partial charge in [0.1, 0.15) is 0 Å². The minimum absolute atomic E-state index is 0.0443. The molecule has 154 valence electrons. The third-order valence-corrected chi connectivity index (χ3v) is 5.39. The van der Waals surface area contributed by atoms with Crippen molar-refractivity contribution in [2.45, 2.75) is 52.9 Å². The number of Topliss-reactive ketones (excluding diaryl/α,β-unsaturated/α-hetero) is 1. The zero-order valence-corrected chi connectivity index (χ0v) is 17.2. The third kappa shape index (κ3) is 3.95. The van der Waals surface area contributed by atoms with E-state index in [9.17, 15) is 19.7 Å². The Hall–Kier alpha value is -2.96. The number of nitrogens with one attached hydrogen (secondary N) is 1. The van der Waals surface area contributed by atoms with Crippen LogP contribution in [-0.4, -0.2) is 23.3 Å². The predicted octanol–water partition coefficient (Wildman–Crippen LogP) is 4.15. The maximum absolute atomic E-state index is 13.2. The highest BCUT2D eigenvalue weighted by molar-refractivity contribution is 6.04. The number of ether oxygens (including phenoxy) is 1. The molecule has 3 rings (SSSR count). The summed E-state index contributed by atoms with van der Waals surface area (Å²) in [6.45, 7) is 7.92. The summed E-state index contributed by atoms with van der Waals surface area (Å²) in [7, 11) is 0. The summed E-state index contributed by atoms with van der Waals surface area (Å²) in [4.78, 5) is 36.9. The van der Waals surface area contributed by atoms with Crippen molar-refractivity contribution in [3.63, 3.8) is 0 Å². The molecule has 0 saturated carbocycles. The van der Waals surface area contributed by atoms with E-state index in [2.05, 4.69) is 5.32 Å². The van der Waals surface area contributed by atoms with Crippen LogP contribution in [0.25, 0.3) is 0 Å². The van der Waals surface area contributed by atoms with Gasteiger partial charge in [-0.2, -0.15) is 0 Å². The number of esters is 1. The number of rotatable bonds is 5. The van der Waals surface area contributed by atoms with E-state index in [1.165, 1.54) is 12.1 Å². The zero-order chi connectivity index (χ0) is 21.3. The first-order valence-electron chi connectivity index (χ1n) is 9.86. The highest BCUT2D eigenvalue weighted by Crippen LogP contribution is 2.47. The Kier molecular flexibility index (Phi) is 5.59. The lowest BCUT2D eigenvalue weighted by atomic mass is 9.68. The molecular formula is C22H26N2O5. The van der Waals surface area contributed by atoms with Crippen LogP contribution in [0.15, 0.2) is 46.8 Å². The van der Waals surface area contributed by atoms with Crippen LogP contribution in [0.5, 0.6) is 0 Å². The van der Waals surface area contributed by atoms with Gasteiger partial charge in [0.2, 0.25) is 0 Å². The average Bonchev–Trinajstić information content (AvgIpc) is 2.65. The van der Waals surface area contributed by atoms with Crippen molar-refractivity contribution in [1.82, 2.24) is 5.32 Å². The van der Waals surface area contributed by atoms with E-state index in [4.69, 9.17) is 4.74 Å². The van der Waals surface area contributed by atoms with Crippen LogP contribution in [0.3, 0.4) is 0 Å². The molecule has 0 fully saturated rings. The van der Waals surface area contributed by atoms with Gasteiger partial charge in [-0.3, -0.25) is 14.9 Å². The number of ketones is 1. The fraction of sp³-hybridized carbons (Fsp3) is 0.455. The van der Waals surface area contributed by atoms with E-state index >= 15 is 0 Å². The monoisotopic (exact) mass is 398 g/mol. The smallest absolute Gasteiger partial charge is 0.336 e. The molecule has 1 unspecified atom stereocenters. The number of allylic oxidation sites excluding steroid dienone is 3. The Morgan fingerprint density at radius 3 is 2.66 bits per heavy atom. The molecule has 0 spiro atoms. The molecule has 2 aliphatic rings. The molecule has 1 atom stereocenters. The lowest BCUT2D eigenvalue weighted by Crippen LogP contribution is -2.39. The van der Waals surface area contributed by atoms with Gasteiger partial charge in [-0.05, 0) is 30.7 Å². The van der Waals surface area contributed by atoms with Gasteiger partial charge in [-0.1, -0.05) is 32.9 Å². The van der Waals surface area contributed by atoms with Gasteiger partial charge < -0.3 is 10.1 Å². The number of non-ortho nitro benzene ring substituents is 1. The van der Waals surface area contributed by atoms with Gasteiger partial charge in [-0.15, -0.1) is 0 Å². The highest BCUT2D eigenvalue weighted by atomic mass is 16.6. The molecule has 1 N–H and O–H groups in total. The largest absolute Gasteiger partial charge is 0.463 e. The van der Waals surface area contributed by atoms with Gasteiger partial charge in [-0.25, -0.2) is 4.79 Å². The van der Waals surface area contributed by atoms with E-state index in [1.54, 1.807) is 19.1 Å².